The molecule has 0 spiro atoms. The highest BCUT2D eigenvalue weighted by Crippen LogP contribution is 2.41. The Morgan fingerprint density at radius 1 is 1.47 bits per heavy atom. The largest absolute Gasteiger partial charge is 0.417 e. The van der Waals surface area contributed by atoms with Crippen LogP contribution in [0.5, 0.6) is 0 Å². The van der Waals surface area contributed by atoms with Gasteiger partial charge in [0.15, 0.2) is 5.58 Å². The van der Waals surface area contributed by atoms with E-state index in [4.69, 9.17) is 10.2 Å². The Labute approximate surface area is 98.8 Å². The molecular formula is C13H16N2O2. The van der Waals surface area contributed by atoms with Crippen LogP contribution in [0, 0.1) is 11.8 Å². The maximum atomic E-state index is 11.1. The van der Waals surface area contributed by atoms with Gasteiger partial charge in [-0.2, -0.15) is 0 Å². The van der Waals surface area contributed by atoms with Gasteiger partial charge in [-0.3, -0.25) is 4.98 Å². The van der Waals surface area contributed by atoms with Crippen molar-refractivity contribution in [1.82, 2.24) is 4.98 Å². The second-order valence-corrected chi connectivity index (χ2v) is 4.99. The van der Waals surface area contributed by atoms with Crippen molar-refractivity contribution in [3.63, 3.8) is 0 Å². The van der Waals surface area contributed by atoms with Crippen molar-refractivity contribution in [3.05, 3.63) is 34.3 Å². The SMILES string of the molecule is CC(C1CC1)C(N)c1ccc2[nH]c(=O)oc2c1. The normalized spacial score (nSPS) is 19.4. The van der Waals surface area contributed by atoms with Crippen LogP contribution in [-0.4, -0.2) is 4.98 Å². The number of oxazole rings is 1. The van der Waals surface area contributed by atoms with Crippen molar-refractivity contribution in [2.75, 3.05) is 0 Å². The van der Waals surface area contributed by atoms with Crippen molar-refractivity contribution in [2.24, 2.45) is 17.6 Å². The number of nitrogens with two attached hydrogens (primary N) is 1. The highest BCUT2D eigenvalue weighted by atomic mass is 16.4. The van der Waals surface area contributed by atoms with Gasteiger partial charge in [-0.05, 0) is 42.4 Å². The third-order valence-electron chi connectivity index (χ3n) is 3.76. The number of H-pyrrole nitrogens is 1. The zero-order valence-electron chi connectivity index (χ0n) is 9.77. The summed E-state index contributed by atoms with van der Waals surface area (Å²) in [5.74, 6) is 0.831. The van der Waals surface area contributed by atoms with Crippen molar-refractivity contribution >= 4 is 11.1 Å². The van der Waals surface area contributed by atoms with Crippen LogP contribution in [0.2, 0.25) is 0 Å². The van der Waals surface area contributed by atoms with Crippen LogP contribution in [0.1, 0.15) is 31.4 Å². The van der Waals surface area contributed by atoms with Crippen molar-refractivity contribution in [1.29, 1.82) is 0 Å². The van der Waals surface area contributed by atoms with E-state index in [1.807, 2.05) is 18.2 Å². The first-order chi connectivity index (χ1) is 8.15. The fourth-order valence-corrected chi connectivity index (χ4v) is 2.39. The standard InChI is InChI=1S/C13H16N2O2/c1-7(8-2-3-8)12(14)9-4-5-10-11(6-9)17-13(16)15-10/h4-8,12H,2-3,14H2,1H3,(H,15,16). The Hall–Kier alpha value is -1.55. The number of benzene rings is 1. The lowest BCUT2D eigenvalue weighted by Crippen LogP contribution is -2.20. The third-order valence-corrected chi connectivity index (χ3v) is 3.76. The molecule has 4 nitrogen and oxygen atoms in total. The number of rotatable bonds is 3. The molecule has 2 unspecified atom stereocenters. The van der Waals surface area contributed by atoms with Crippen LogP contribution in [0.25, 0.3) is 11.1 Å². The molecule has 1 aromatic heterocycles. The van der Waals surface area contributed by atoms with Gasteiger partial charge in [-0.25, -0.2) is 4.79 Å². The van der Waals surface area contributed by atoms with Gasteiger partial charge in [0, 0.05) is 6.04 Å². The molecule has 2 atom stereocenters. The number of hydrogen-bond acceptors (Lipinski definition) is 3. The van der Waals surface area contributed by atoms with E-state index in [-0.39, 0.29) is 6.04 Å². The summed E-state index contributed by atoms with van der Waals surface area (Å²) in [7, 11) is 0. The first kappa shape index (κ1) is 10.6. The summed E-state index contributed by atoms with van der Waals surface area (Å²) in [5, 5.41) is 0. The maximum absolute atomic E-state index is 11.1. The molecule has 0 radical (unpaired) electrons. The van der Waals surface area contributed by atoms with Gasteiger partial charge in [0.2, 0.25) is 0 Å². The van der Waals surface area contributed by atoms with Crippen molar-refractivity contribution in [2.45, 2.75) is 25.8 Å². The topological polar surface area (TPSA) is 72.0 Å². The second-order valence-electron chi connectivity index (χ2n) is 4.99. The molecule has 1 heterocycles. The van der Waals surface area contributed by atoms with Crippen LogP contribution >= 0.6 is 0 Å². The molecule has 2 aromatic rings. The smallest absolute Gasteiger partial charge is 0.408 e. The number of hydrogen-bond donors (Lipinski definition) is 2. The number of fused-ring (bicyclic) bond motifs is 1. The number of aromatic amines is 1. The Kier molecular flexibility index (Phi) is 2.33. The lowest BCUT2D eigenvalue weighted by molar-refractivity contribution is 0.417. The Balaban J connectivity index is 1.96. The Morgan fingerprint density at radius 3 is 2.94 bits per heavy atom. The molecule has 3 rings (SSSR count). The van der Waals surface area contributed by atoms with Crippen LogP contribution in [0.4, 0.5) is 0 Å². The van der Waals surface area contributed by atoms with Crippen LogP contribution in [0.3, 0.4) is 0 Å². The lowest BCUT2D eigenvalue weighted by atomic mass is 9.91. The summed E-state index contributed by atoms with van der Waals surface area (Å²) in [6.45, 7) is 2.19. The highest BCUT2D eigenvalue weighted by Gasteiger charge is 2.32. The summed E-state index contributed by atoms with van der Waals surface area (Å²) < 4.78 is 5.05. The lowest BCUT2D eigenvalue weighted by Gasteiger charge is -2.19. The fourth-order valence-electron chi connectivity index (χ4n) is 2.39. The van der Waals surface area contributed by atoms with E-state index in [1.165, 1.54) is 12.8 Å². The molecule has 17 heavy (non-hydrogen) atoms. The van der Waals surface area contributed by atoms with E-state index in [2.05, 4.69) is 11.9 Å². The van der Waals surface area contributed by atoms with Gasteiger partial charge in [0.05, 0.1) is 5.52 Å². The third kappa shape index (κ3) is 1.89. The minimum Gasteiger partial charge on any atom is -0.408 e. The minimum absolute atomic E-state index is 0.0205. The molecule has 0 aliphatic heterocycles. The van der Waals surface area contributed by atoms with E-state index in [9.17, 15) is 4.79 Å². The quantitative estimate of drug-likeness (QED) is 0.851. The molecule has 1 aliphatic carbocycles. The highest BCUT2D eigenvalue weighted by molar-refractivity contribution is 5.72. The second kappa shape index (κ2) is 3.74. The van der Waals surface area contributed by atoms with Gasteiger partial charge in [-0.1, -0.05) is 13.0 Å². The summed E-state index contributed by atoms with van der Waals surface area (Å²) in [6.07, 6.45) is 2.58. The van der Waals surface area contributed by atoms with Crippen LogP contribution in [-0.2, 0) is 0 Å². The molecule has 1 aromatic carbocycles. The average Bonchev–Trinajstić information content (AvgIpc) is 3.08. The predicted molar refractivity (Wildman–Crippen MR) is 65.7 cm³/mol. The van der Waals surface area contributed by atoms with E-state index in [0.717, 1.165) is 17.0 Å². The summed E-state index contributed by atoms with van der Waals surface area (Å²) in [6, 6.07) is 5.72. The van der Waals surface area contributed by atoms with Gasteiger partial charge in [0.25, 0.3) is 0 Å². The first-order valence-electron chi connectivity index (χ1n) is 6.03. The van der Waals surface area contributed by atoms with Gasteiger partial charge >= 0.3 is 5.76 Å². The summed E-state index contributed by atoms with van der Waals surface area (Å²) >= 11 is 0. The molecule has 0 saturated heterocycles. The van der Waals surface area contributed by atoms with E-state index in [0.29, 0.717) is 11.5 Å². The predicted octanol–water partition coefficient (Wildman–Crippen LogP) is 2.17. The Bertz CT molecular complexity index is 595. The number of aromatic nitrogens is 1. The number of nitrogens with one attached hydrogen (secondary N) is 1. The maximum Gasteiger partial charge on any atom is 0.417 e. The molecule has 0 bridgehead atoms. The zero-order valence-corrected chi connectivity index (χ0v) is 9.77. The average molecular weight is 232 g/mol. The van der Waals surface area contributed by atoms with Crippen molar-refractivity contribution < 1.29 is 4.42 Å². The van der Waals surface area contributed by atoms with Gasteiger partial charge < -0.3 is 10.2 Å². The van der Waals surface area contributed by atoms with E-state index in [1.54, 1.807) is 0 Å². The molecular weight excluding hydrogens is 216 g/mol. The van der Waals surface area contributed by atoms with Crippen LogP contribution < -0.4 is 11.5 Å². The zero-order chi connectivity index (χ0) is 12.0. The molecule has 1 fully saturated rings. The fraction of sp³-hybridized carbons (Fsp3) is 0.462. The molecule has 4 heteroatoms. The summed E-state index contributed by atoms with van der Waals surface area (Å²) in [4.78, 5) is 13.7. The monoisotopic (exact) mass is 232 g/mol. The van der Waals surface area contributed by atoms with Crippen LogP contribution in [0.15, 0.2) is 27.4 Å². The molecule has 90 valence electrons. The van der Waals surface area contributed by atoms with E-state index < -0.39 is 5.76 Å². The van der Waals surface area contributed by atoms with Gasteiger partial charge in [-0.15, -0.1) is 0 Å². The summed E-state index contributed by atoms with van der Waals surface area (Å²) in [5.41, 5.74) is 8.60. The molecule has 1 saturated carbocycles. The molecule has 0 amide bonds. The molecule has 1 aliphatic rings. The minimum atomic E-state index is -0.416. The Morgan fingerprint density at radius 2 is 2.24 bits per heavy atom. The van der Waals surface area contributed by atoms with E-state index >= 15 is 0 Å². The molecule has 3 N–H and O–H groups in total. The first-order valence-corrected chi connectivity index (χ1v) is 6.03. The van der Waals surface area contributed by atoms with Crippen molar-refractivity contribution in [3.8, 4) is 0 Å². The van der Waals surface area contributed by atoms with Gasteiger partial charge in [0.1, 0.15) is 0 Å².